The van der Waals surface area contributed by atoms with Gasteiger partial charge in [0.2, 0.25) is 0 Å². The Balaban J connectivity index is 3.75. The van der Waals surface area contributed by atoms with Gasteiger partial charge in [-0.05, 0) is 32.1 Å². The van der Waals surface area contributed by atoms with E-state index in [4.69, 9.17) is 14.6 Å². The number of rotatable bonds is 12. The van der Waals surface area contributed by atoms with Crippen molar-refractivity contribution in [3.8, 4) is 0 Å². The number of methoxy groups -OCH3 is 2. The van der Waals surface area contributed by atoms with E-state index in [-0.39, 0.29) is 0 Å². The van der Waals surface area contributed by atoms with Gasteiger partial charge in [-0.15, -0.1) is 0 Å². The zero-order valence-corrected chi connectivity index (χ0v) is 12.3. The first-order chi connectivity index (χ1) is 9.61. The van der Waals surface area contributed by atoms with E-state index in [1.165, 1.54) is 0 Å². The van der Waals surface area contributed by atoms with Crippen LogP contribution < -0.4 is 10.6 Å². The van der Waals surface area contributed by atoms with E-state index in [0.717, 1.165) is 19.3 Å². The Morgan fingerprint density at radius 1 is 1.05 bits per heavy atom. The molecular formula is C13H26N2O5. The van der Waals surface area contributed by atoms with Crippen molar-refractivity contribution in [2.45, 2.75) is 38.1 Å². The van der Waals surface area contributed by atoms with Crippen molar-refractivity contribution in [3.05, 3.63) is 0 Å². The van der Waals surface area contributed by atoms with E-state index in [9.17, 15) is 9.59 Å². The van der Waals surface area contributed by atoms with Gasteiger partial charge in [-0.25, -0.2) is 9.59 Å². The molecule has 0 heterocycles. The van der Waals surface area contributed by atoms with Crippen LogP contribution in [-0.4, -0.2) is 57.1 Å². The average Bonchev–Trinajstić information content (AvgIpc) is 2.41. The lowest BCUT2D eigenvalue weighted by atomic mass is 10.1. The van der Waals surface area contributed by atoms with E-state index in [0.29, 0.717) is 32.6 Å². The Labute approximate surface area is 120 Å². The lowest BCUT2D eigenvalue weighted by molar-refractivity contribution is -0.139. The lowest BCUT2D eigenvalue weighted by Crippen LogP contribution is -2.46. The Morgan fingerprint density at radius 3 is 2.30 bits per heavy atom. The van der Waals surface area contributed by atoms with Gasteiger partial charge in [-0.2, -0.15) is 0 Å². The van der Waals surface area contributed by atoms with Crippen LogP contribution in [0.3, 0.4) is 0 Å². The van der Waals surface area contributed by atoms with Crippen molar-refractivity contribution >= 4 is 12.0 Å². The molecule has 20 heavy (non-hydrogen) atoms. The van der Waals surface area contributed by atoms with Crippen molar-refractivity contribution in [3.63, 3.8) is 0 Å². The summed E-state index contributed by atoms with van der Waals surface area (Å²) in [6.45, 7) is 1.72. The van der Waals surface area contributed by atoms with Gasteiger partial charge in [0.15, 0.2) is 0 Å². The fourth-order valence-corrected chi connectivity index (χ4v) is 1.65. The molecule has 0 aromatic rings. The molecule has 0 bridgehead atoms. The molecular weight excluding hydrogens is 264 g/mol. The van der Waals surface area contributed by atoms with E-state index in [2.05, 4.69) is 10.6 Å². The molecule has 0 aromatic heterocycles. The first kappa shape index (κ1) is 18.7. The summed E-state index contributed by atoms with van der Waals surface area (Å²) < 4.78 is 9.78. The second-order valence-electron chi connectivity index (χ2n) is 4.48. The minimum atomic E-state index is -1.03. The molecule has 7 heteroatoms. The number of hydrogen-bond donors (Lipinski definition) is 3. The molecule has 0 aliphatic rings. The summed E-state index contributed by atoms with van der Waals surface area (Å²) in [5, 5.41) is 14.1. The van der Waals surface area contributed by atoms with Gasteiger partial charge in [-0.3, -0.25) is 0 Å². The Morgan fingerprint density at radius 2 is 1.70 bits per heavy atom. The second-order valence-corrected chi connectivity index (χ2v) is 4.48. The zero-order valence-electron chi connectivity index (χ0n) is 12.3. The molecule has 0 aliphatic heterocycles. The summed E-state index contributed by atoms with van der Waals surface area (Å²) in [6, 6.07) is -1.32. The predicted octanol–water partition coefficient (Wildman–Crippen LogP) is 0.982. The highest BCUT2D eigenvalue weighted by molar-refractivity contribution is 5.82. The van der Waals surface area contributed by atoms with Crippen LogP contribution in [0, 0.1) is 0 Å². The van der Waals surface area contributed by atoms with Gasteiger partial charge in [-0.1, -0.05) is 0 Å². The maximum absolute atomic E-state index is 11.5. The molecule has 7 nitrogen and oxygen atoms in total. The summed E-state index contributed by atoms with van der Waals surface area (Å²) >= 11 is 0. The summed E-state index contributed by atoms with van der Waals surface area (Å²) in [4.78, 5) is 22.5. The first-order valence-electron chi connectivity index (χ1n) is 6.86. The van der Waals surface area contributed by atoms with Crippen LogP contribution in [0.5, 0.6) is 0 Å². The average molecular weight is 290 g/mol. The van der Waals surface area contributed by atoms with Crippen LogP contribution in [0.15, 0.2) is 0 Å². The van der Waals surface area contributed by atoms with Gasteiger partial charge < -0.3 is 25.2 Å². The third-order valence-corrected chi connectivity index (χ3v) is 2.76. The van der Waals surface area contributed by atoms with Gasteiger partial charge in [0.25, 0.3) is 0 Å². The monoisotopic (exact) mass is 290 g/mol. The minimum absolute atomic E-state index is 0.352. The number of aliphatic carboxylic acids is 1. The third kappa shape index (κ3) is 10.6. The van der Waals surface area contributed by atoms with Gasteiger partial charge >= 0.3 is 12.0 Å². The largest absolute Gasteiger partial charge is 0.480 e. The minimum Gasteiger partial charge on any atom is -0.480 e. The molecule has 1 unspecified atom stereocenters. The number of carboxylic acids is 1. The zero-order chi connectivity index (χ0) is 15.2. The Kier molecular flexibility index (Phi) is 11.8. The number of amides is 2. The van der Waals surface area contributed by atoms with Crippen molar-refractivity contribution < 1.29 is 24.2 Å². The molecule has 0 spiro atoms. The highest BCUT2D eigenvalue weighted by Crippen LogP contribution is 1.98. The van der Waals surface area contributed by atoms with E-state index < -0.39 is 18.0 Å². The maximum Gasteiger partial charge on any atom is 0.326 e. The van der Waals surface area contributed by atoms with Crippen LogP contribution >= 0.6 is 0 Å². The van der Waals surface area contributed by atoms with Crippen LogP contribution in [0.25, 0.3) is 0 Å². The highest BCUT2D eigenvalue weighted by Gasteiger charge is 2.18. The summed E-state index contributed by atoms with van der Waals surface area (Å²) in [5.41, 5.74) is 0. The Hall–Kier alpha value is -1.34. The molecule has 118 valence electrons. The van der Waals surface area contributed by atoms with Crippen LogP contribution in [0.1, 0.15) is 32.1 Å². The SMILES string of the molecule is COCCCCCNC(=O)NC(CCCOC)C(=O)O. The number of carbonyl (C=O) groups excluding carboxylic acids is 1. The van der Waals surface area contributed by atoms with Gasteiger partial charge in [0.1, 0.15) is 6.04 Å². The van der Waals surface area contributed by atoms with Gasteiger partial charge in [0.05, 0.1) is 0 Å². The van der Waals surface area contributed by atoms with E-state index >= 15 is 0 Å². The molecule has 0 radical (unpaired) electrons. The van der Waals surface area contributed by atoms with Crippen molar-refractivity contribution in [2.24, 2.45) is 0 Å². The standard InChI is InChI=1S/C13H26N2O5/c1-19-9-5-3-4-8-14-13(18)15-11(12(16)17)7-6-10-20-2/h11H,3-10H2,1-2H3,(H,16,17)(H2,14,15,18). The third-order valence-electron chi connectivity index (χ3n) is 2.76. The van der Waals surface area contributed by atoms with Gasteiger partial charge in [0, 0.05) is 34.0 Å². The molecule has 0 saturated heterocycles. The first-order valence-corrected chi connectivity index (χ1v) is 6.86. The number of carboxylic acid groups (broad SMARTS) is 1. The van der Waals surface area contributed by atoms with Crippen molar-refractivity contribution in [1.29, 1.82) is 0 Å². The van der Waals surface area contributed by atoms with Crippen LogP contribution in [0.2, 0.25) is 0 Å². The number of urea groups is 1. The molecule has 2 amide bonds. The normalized spacial score (nSPS) is 11.9. The molecule has 0 fully saturated rings. The number of unbranched alkanes of at least 4 members (excludes halogenated alkanes) is 2. The quantitative estimate of drug-likeness (QED) is 0.466. The van der Waals surface area contributed by atoms with E-state index in [1.807, 2.05) is 0 Å². The molecule has 3 N–H and O–H groups in total. The number of carbonyl (C=O) groups is 2. The summed E-state index contributed by atoms with van der Waals surface area (Å²) in [5.74, 6) is -1.03. The van der Waals surface area contributed by atoms with Crippen molar-refractivity contribution in [1.82, 2.24) is 10.6 Å². The van der Waals surface area contributed by atoms with Crippen molar-refractivity contribution in [2.75, 3.05) is 34.0 Å². The molecule has 0 aromatic carbocycles. The molecule has 0 rings (SSSR count). The molecule has 0 saturated carbocycles. The Bertz CT molecular complexity index is 273. The van der Waals surface area contributed by atoms with E-state index in [1.54, 1.807) is 14.2 Å². The predicted molar refractivity (Wildman–Crippen MR) is 74.8 cm³/mol. The van der Waals surface area contributed by atoms with Crippen LogP contribution in [0.4, 0.5) is 4.79 Å². The fraction of sp³-hybridized carbons (Fsp3) is 0.846. The summed E-state index contributed by atoms with van der Waals surface area (Å²) in [6.07, 6.45) is 3.70. The number of hydrogen-bond acceptors (Lipinski definition) is 4. The number of ether oxygens (including phenoxy) is 2. The number of nitrogens with one attached hydrogen (secondary N) is 2. The smallest absolute Gasteiger partial charge is 0.326 e. The molecule has 1 atom stereocenters. The summed E-state index contributed by atoms with van der Waals surface area (Å²) in [7, 11) is 3.21. The molecule has 0 aliphatic carbocycles. The lowest BCUT2D eigenvalue weighted by Gasteiger charge is -2.15. The maximum atomic E-state index is 11.5. The topological polar surface area (TPSA) is 96.9 Å². The fourth-order valence-electron chi connectivity index (χ4n) is 1.65. The highest BCUT2D eigenvalue weighted by atomic mass is 16.5. The van der Waals surface area contributed by atoms with Crippen LogP contribution in [-0.2, 0) is 14.3 Å². The second kappa shape index (κ2) is 12.7.